The van der Waals surface area contributed by atoms with E-state index in [2.05, 4.69) is 20.2 Å². The predicted octanol–water partition coefficient (Wildman–Crippen LogP) is 2.27. The number of hydrogen-bond acceptors (Lipinski definition) is 5. The van der Waals surface area contributed by atoms with Gasteiger partial charge in [0, 0.05) is 24.7 Å². The highest BCUT2D eigenvalue weighted by Gasteiger charge is 2.22. The molecule has 6 heteroatoms. The van der Waals surface area contributed by atoms with Crippen molar-refractivity contribution in [2.75, 3.05) is 24.6 Å². The number of piperidine rings is 1. The number of anilines is 1. The van der Waals surface area contributed by atoms with Gasteiger partial charge in [0.25, 0.3) is 5.91 Å². The zero-order chi connectivity index (χ0) is 16.8. The number of nitrogens with zero attached hydrogens (tertiary/aromatic N) is 3. The molecule has 1 fully saturated rings. The maximum atomic E-state index is 12.2. The van der Waals surface area contributed by atoms with Gasteiger partial charge in [0.2, 0.25) is 5.88 Å². The number of hydrogen-bond donors (Lipinski definition) is 1. The van der Waals surface area contributed by atoms with Crippen molar-refractivity contribution in [1.29, 1.82) is 0 Å². The Labute approximate surface area is 141 Å². The van der Waals surface area contributed by atoms with E-state index in [4.69, 9.17) is 4.74 Å². The minimum absolute atomic E-state index is 0.00724. The lowest BCUT2D eigenvalue weighted by molar-refractivity contribution is 0.0931. The molecule has 2 heterocycles. The summed E-state index contributed by atoms with van der Waals surface area (Å²) in [5, 5.41) is 3.11. The van der Waals surface area contributed by atoms with Crippen molar-refractivity contribution in [1.82, 2.24) is 15.3 Å². The van der Waals surface area contributed by atoms with E-state index in [1.807, 2.05) is 37.3 Å². The Morgan fingerprint density at radius 2 is 2.00 bits per heavy atom. The summed E-state index contributed by atoms with van der Waals surface area (Å²) in [4.78, 5) is 23.1. The van der Waals surface area contributed by atoms with Crippen LogP contribution in [0.3, 0.4) is 0 Å². The molecule has 3 rings (SSSR count). The molecule has 1 aromatic carbocycles. The number of nitrogens with one attached hydrogen (secondary N) is 1. The summed E-state index contributed by atoms with van der Waals surface area (Å²) in [5.74, 6) is 1.37. The van der Waals surface area contributed by atoms with Crippen molar-refractivity contribution in [3.8, 4) is 5.88 Å². The maximum absolute atomic E-state index is 12.2. The van der Waals surface area contributed by atoms with E-state index < -0.39 is 0 Å². The largest absolute Gasteiger partial charge is 0.477 e. The van der Waals surface area contributed by atoms with Crippen molar-refractivity contribution < 1.29 is 9.53 Å². The van der Waals surface area contributed by atoms with Crippen LogP contribution in [0.2, 0.25) is 0 Å². The average molecular weight is 326 g/mol. The van der Waals surface area contributed by atoms with Crippen molar-refractivity contribution in [2.45, 2.75) is 25.8 Å². The van der Waals surface area contributed by atoms with Crippen molar-refractivity contribution in [2.24, 2.45) is 0 Å². The number of rotatable bonds is 5. The first kappa shape index (κ1) is 16.2. The van der Waals surface area contributed by atoms with Crippen LogP contribution in [0.1, 0.15) is 30.1 Å². The summed E-state index contributed by atoms with van der Waals surface area (Å²) in [5.41, 5.74) is 0.704. The van der Waals surface area contributed by atoms with Crippen LogP contribution in [0.4, 0.5) is 5.82 Å². The highest BCUT2D eigenvalue weighted by Crippen LogP contribution is 2.19. The van der Waals surface area contributed by atoms with Crippen LogP contribution < -0.4 is 15.0 Å². The van der Waals surface area contributed by atoms with Gasteiger partial charge in [-0.3, -0.25) is 9.78 Å². The van der Waals surface area contributed by atoms with Gasteiger partial charge >= 0.3 is 0 Å². The van der Waals surface area contributed by atoms with Gasteiger partial charge in [-0.15, -0.1) is 0 Å². The molecule has 2 aromatic rings. The number of carbonyl (C=O) groups excluding carboxylic acids is 1. The fourth-order valence-electron chi connectivity index (χ4n) is 2.82. The van der Waals surface area contributed by atoms with Gasteiger partial charge in [0.15, 0.2) is 5.82 Å². The van der Waals surface area contributed by atoms with E-state index in [0.717, 1.165) is 31.7 Å². The lowest BCUT2D eigenvalue weighted by Crippen LogP contribution is -2.45. The zero-order valence-corrected chi connectivity index (χ0v) is 13.8. The van der Waals surface area contributed by atoms with E-state index in [1.165, 1.54) is 0 Å². The molecule has 0 unspecified atom stereocenters. The molecule has 1 aliphatic heterocycles. The molecule has 126 valence electrons. The number of benzene rings is 1. The van der Waals surface area contributed by atoms with Gasteiger partial charge < -0.3 is 15.0 Å². The summed E-state index contributed by atoms with van der Waals surface area (Å²) in [6, 6.07) is 9.52. The van der Waals surface area contributed by atoms with Gasteiger partial charge in [-0.25, -0.2) is 0 Å². The van der Waals surface area contributed by atoms with Crippen LogP contribution in [0.15, 0.2) is 42.7 Å². The molecule has 0 aliphatic carbocycles. The maximum Gasteiger partial charge on any atom is 0.251 e. The Morgan fingerprint density at radius 1 is 1.25 bits per heavy atom. The predicted molar refractivity (Wildman–Crippen MR) is 92.3 cm³/mol. The third kappa shape index (κ3) is 4.01. The molecule has 0 radical (unpaired) electrons. The Balaban J connectivity index is 1.54. The minimum atomic E-state index is -0.00724. The number of amides is 1. The second-order valence-electron chi connectivity index (χ2n) is 5.75. The lowest BCUT2D eigenvalue weighted by Gasteiger charge is -2.33. The first-order valence-corrected chi connectivity index (χ1v) is 8.32. The van der Waals surface area contributed by atoms with Gasteiger partial charge in [-0.1, -0.05) is 18.2 Å². The van der Waals surface area contributed by atoms with Gasteiger partial charge in [-0.2, -0.15) is 4.98 Å². The van der Waals surface area contributed by atoms with Gasteiger partial charge in [0.05, 0.1) is 19.0 Å². The minimum Gasteiger partial charge on any atom is -0.477 e. The van der Waals surface area contributed by atoms with Crippen LogP contribution in [-0.2, 0) is 0 Å². The fourth-order valence-corrected chi connectivity index (χ4v) is 2.82. The van der Waals surface area contributed by atoms with Gasteiger partial charge in [0.1, 0.15) is 0 Å². The SMILES string of the molecule is CCOc1cncc(N2CCC(NC(=O)c3ccccc3)CC2)n1. The molecule has 0 saturated carbocycles. The van der Waals surface area contributed by atoms with E-state index in [9.17, 15) is 4.79 Å². The van der Waals surface area contributed by atoms with Crippen LogP contribution in [-0.4, -0.2) is 41.6 Å². The number of carbonyl (C=O) groups is 1. The van der Waals surface area contributed by atoms with Crippen molar-refractivity contribution in [3.63, 3.8) is 0 Å². The van der Waals surface area contributed by atoms with Gasteiger partial charge in [-0.05, 0) is 31.9 Å². The molecule has 24 heavy (non-hydrogen) atoms. The summed E-state index contributed by atoms with van der Waals surface area (Å²) in [6.07, 6.45) is 5.16. The third-order valence-electron chi connectivity index (χ3n) is 4.08. The van der Waals surface area contributed by atoms with Crippen LogP contribution in [0.25, 0.3) is 0 Å². The second-order valence-corrected chi connectivity index (χ2v) is 5.75. The average Bonchev–Trinajstić information content (AvgIpc) is 2.63. The molecule has 1 N–H and O–H groups in total. The molecular formula is C18H22N4O2. The van der Waals surface area contributed by atoms with Crippen molar-refractivity contribution in [3.05, 3.63) is 48.3 Å². The smallest absolute Gasteiger partial charge is 0.251 e. The van der Waals surface area contributed by atoms with Crippen LogP contribution in [0.5, 0.6) is 5.88 Å². The fraction of sp³-hybridized carbons (Fsp3) is 0.389. The summed E-state index contributed by atoms with van der Waals surface area (Å²) in [7, 11) is 0. The topological polar surface area (TPSA) is 67.3 Å². The van der Waals surface area contributed by atoms with E-state index in [-0.39, 0.29) is 11.9 Å². The molecule has 1 saturated heterocycles. The van der Waals surface area contributed by atoms with Crippen LogP contribution in [0, 0.1) is 0 Å². The third-order valence-corrected chi connectivity index (χ3v) is 4.08. The highest BCUT2D eigenvalue weighted by molar-refractivity contribution is 5.94. The van der Waals surface area contributed by atoms with Crippen LogP contribution >= 0.6 is 0 Å². The quantitative estimate of drug-likeness (QED) is 0.913. The summed E-state index contributed by atoms with van der Waals surface area (Å²) < 4.78 is 5.40. The number of ether oxygens (including phenoxy) is 1. The first-order chi connectivity index (χ1) is 11.8. The van der Waals surface area contributed by atoms with E-state index in [0.29, 0.717) is 18.1 Å². The molecule has 0 atom stereocenters. The molecule has 1 aromatic heterocycles. The number of aromatic nitrogens is 2. The Morgan fingerprint density at radius 3 is 2.71 bits per heavy atom. The Hall–Kier alpha value is -2.63. The molecular weight excluding hydrogens is 304 g/mol. The molecule has 6 nitrogen and oxygen atoms in total. The first-order valence-electron chi connectivity index (χ1n) is 8.32. The summed E-state index contributed by atoms with van der Waals surface area (Å²) >= 11 is 0. The Bertz CT molecular complexity index is 670. The second kappa shape index (κ2) is 7.77. The molecule has 1 amide bonds. The lowest BCUT2D eigenvalue weighted by atomic mass is 10.0. The standard InChI is InChI=1S/C18H22N4O2/c1-2-24-17-13-19-12-16(21-17)22-10-8-15(9-11-22)20-18(23)14-6-4-3-5-7-14/h3-7,12-13,15H,2,8-11H2,1H3,(H,20,23). The Kier molecular flexibility index (Phi) is 5.25. The van der Waals surface area contributed by atoms with E-state index >= 15 is 0 Å². The highest BCUT2D eigenvalue weighted by atomic mass is 16.5. The monoisotopic (exact) mass is 326 g/mol. The molecule has 1 aliphatic rings. The summed E-state index contributed by atoms with van der Waals surface area (Å²) in [6.45, 7) is 4.18. The molecule has 0 spiro atoms. The van der Waals surface area contributed by atoms with Crippen molar-refractivity contribution >= 4 is 11.7 Å². The zero-order valence-electron chi connectivity index (χ0n) is 13.8. The van der Waals surface area contributed by atoms with E-state index in [1.54, 1.807) is 12.4 Å². The normalized spacial score (nSPS) is 15.1. The molecule has 0 bridgehead atoms.